The van der Waals surface area contributed by atoms with Crippen molar-refractivity contribution in [3.05, 3.63) is 83.4 Å². The molecule has 0 atom stereocenters. The second-order valence-electron chi connectivity index (χ2n) is 6.50. The number of rotatable bonds is 8. The van der Waals surface area contributed by atoms with Gasteiger partial charge in [-0.1, -0.05) is 41.9 Å². The molecule has 32 heavy (non-hydrogen) atoms. The number of para-hydroxylation sites is 1. The van der Waals surface area contributed by atoms with E-state index >= 15 is 0 Å². The number of ether oxygens (including phenoxy) is 1. The molecular formula is C22H20ClN3O5S. The first-order valence-corrected chi connectivity index (χ1v) is 11.2. The summed E-state index contributed by atoms with van der Waals surface area (Å²) in [5, 5.41) is 14.2. The van der Waals surface area contributed by atoms with Gasteiger partial charge in [-0.05, 0) is 42.5 Å². The van der Waals surface area contributed by atoms with E-state index in [-0.39, 0.29) is 22.1 Å². The number of phenolic OH excluding ortho intramolecular Hbond substituents is 1. The number of hydrogen-bond donors (Lipinski definition) is 2. The van der Waals surface area contributed by atoms with Gasteiger partial charge < -0.3 is 9.84 Å². The summed E-state index contributed by atoms with van der Waals surface area (Å²) >= 11 is 6.03. The first-order valence-electron chi connectivity index (χ1n) is 9.34. The van der Waals surface area contributed by atoms with Gasteiger partial charge in [0.15, 0.2) is 11.5 Å². The Kier molecular flexibility index (Phi) is 7.34. The van der Waals surface area contributed by atoms with Gasteiger partial charge in [0.05, 0.1) is 23.9 Å². The molecule has 2 N–H and O–H groups in total. The summed E-state index contributed by atoms with van der Waals surface area (Å²) in [5.41, 5.74) is 2.81. The van der Waals surface area contributed by atoms with Crippen LogP contribution in [-0.2, 0) is 14.8 Å². The third-order valence-electron chi connectivity index (χ3n) is 4.36. The predicted molar refractivity (Wildman–Crippen MR) is 123 cm³/mol. The molecule has 0 bridgehead atoms. The second-order valence-corrected chi connectivity index (χ2v) is 8.79. The monoisotopic (exact) mass is 473 g/mol. The molecule has 0 radical (unpaired) electrons. The van der Waals surface area contributed by atoms with Crippen molar-refractivity contribution in [2.24, 2.45) is 5.10 Å². The SMILES string of the molecule is COc1cccc(/C=N\NC(=O)CN(c2cccc(Cl)c2)S(=O)(=O)c2ccccc2)c1O. The minimum Gasteiger partial charge on any atom is -0.504 e. The molecule has 0 aliphatic rings. The van der Waals surface area contributed by atoms with Crippen LogP contribution in [0.2, 0.25) is 5.02 Å². The number of carbonyl (C=O) groups excluding carboxylic acids is 1. The minimum absolute atomic E-state index is 0.0255. The van der Waals surface area contributed by atoms with Gasteiger partial charge >= 0.3 is 0 Å². The summed E-state index contributed by atoms with van der Waals surface area (Å²) in [6.07, 6.45) is 1.23. The highest BCUT2D eigenvalue weighted by Gasteiger charge is 2.27. The number of benzene rings is 3. The van der Waals surface area contributed by atoms with Crippen LogP contribution >= 0.6 is 11.6 Å². The maximum atomic E-state index is 13.2. The quantitative estimate of drug-likeness (QED) is 0.385. The maximum Gasteiger partial charge on any atom is 0.264 e. The van der Waals surface area contributed by atoms with Crippen LogP contribution in [0.25, 0.3) is 0 Å². The van der Waals surface area contributed by atoms with Crippen LogP contribution in [0.3, 0.4) is 0 Å². The summed E-state index contributed by atoms with van der Waals surface area (Å²) < 4.78 is 32.4. The first-order chi connectivity index (χ1) is 15.3. The molecule has 0 aliphatic carbocycles. The number of methoxy groups -OCH3 is 1. The third-order valence-corrected chi connectivity index (χ3v) is 6.38. The van der Waals surface area contributed by atoms with Crippen LogP contribution in [0.15, 0.2) is 82.8 Å². The Bertz CT molecular complexity index is 1230. The van der Waals surface area contributed by atoms with Crippen LogP contribution in [0.1, 0.15) is 5.56 Å². The number of halogens is 1. The van der Waals surface area contributed by atoms with Gasteiger partial charge in [0, 0.05) is 10.6 Å². The summed E-state index contributed by atoms with van der Waals surface area (Å²) in [5.74, 6) is -0.579. The average molecular weight is 474 g/mol. The number of hydrazone groups is 1. The first kappa shape index (κ1) is 23.1. The number of aromatic hydroxyl groups is 1. The van der Waals surface area contributed by atoms with Crippen LogP contribution in [0, 0.1) is 0 Å². The van der Waals surface area contributed by atoms with Crippen molar-refractivity contribution < 1.29 is 23.1 Å². The standard InChI is InChI=1S/C22H20ClN3O5S/c1-31-20-12-5-7-16(22(20)28)14-24-25-21(27)15-26(18-9-6-8-17(23)13-18)32(29,30)19-10-3-2-4-11-19/h2-14,28H,15H2,1H3,(H,25,27)/b24-14-. The van der Waals surface area contributed by atoms with E-state index in [1.165, 1.54) is 37.6 Å². The summed E-state index contributed by atoms with van der Waals surface area (Å²) in [6.45, 7) is -0.543. The Morgan fingerprint density at radius 2 is 1.84 bits per heavy atom. The Morgan fingerprint density at radius 3 is 2.53 bits per heavy atom. The maximum absolute atomic E-state index is 13.2. The zero-order valence-corrected chi connectivity index (χ0v) is 18.5. The number of nitrogens with zero attached hydrogens (tertiary/aromatic N) is 2. The molecule has 8 nitrogen and oxygen atoms in total. The normalized spacial score (nSPS) is 11.3. The van der Waals surface area contributed by atoms with Crippen molar-refractivity contribution in [3.8, 4) is 11.5 Å². The van der Waals surface area contributed by atoms with E-state index in [4.69, 9.17) is 16.3 Å². The summed E-state index contributed by atoms with van der Waals surface area (Å²) in [4.78, 5) is 12.6. The molecule has 0 heterocycles. The number of nitrogens with one attached hydrogen (secondary N) is 1. The molecule has 0 fully saturated rings. The lowest BCUT2D eigenvalue weighted by Gasteiger charge is -2.23. The number of anilines is 1. The van der Waals surface area contributed by atoms with Gasteiger partial charge in [0.2, 0.25) is 0 Å². The Balaban J connectivity index is 1.83. The number of carbonyl (C=O) groups is 1. The Morgan fingerprint density at radius 1 is 1.12 bits per heavy atom. The molecule has 166 valence electrons. The van der Waals surface area contributed by atoms with Crippen molar-refractivity contribution in [1.82, 2.24) is 5.43 Å². The van der Waals surface area contributed by atoms with Gasteiger partial charge in [0.25, 0.3) is 15.9 Å². The largest absolute Gasteiger partial charge is 0.504 e. The van der Waals surface area contributed by atoms with E-state index < -0.39 is 22.5 Å². The number of sulfonamides is 1. The van der Waals surface area contributed by atoms with E-state index in [1.807, 2.05) is 0 Å². The lowest BCUT2D eigenvalue weighted by atomic mass is 10.2. The highest BCUT2D eigenvalue weighted by molar-refractivity contribution is 7.92. The molecular weight excluding hydrogens is 454 g/mol. The summed E-state index contributed by atoms with van der Waals surface area (Å²) in [6, 6.07) is 18.7. The Hall–Kier alpha value is -3.56. The van der Waals surface area contributed by atoms with E-state index in [1.54, 1.807) is 48.5 Å². The molecule has 3 aromatic carbocycles. The fourth-order valence-corrected chi connectivity index (χ4v) is 4.43. The van der Waals surface area contributed by atoms with E-state index in [9.17, 15) is 18.3 Å². The fourth-order valence-electron chi connectivity index (χ4n) is 2.81. The molecule has 3 aromatic rings. The van der Waals surface area contributed by atoms with E-state index in [0.29, 0.717) is 10.6 Å². The highest BCUT2D eigenvalue weighted by Crippen LogP contribution is 2.28. The van der Waals surface area contributed by atoms with Crippen molar-refractivity contribution in [2.75, 3.05) is 18.0 Å². The molecule has 0 unspecified atom stereocenters. The van der Waals surface area contributed by atoms with Crippen LogP contribution in [0.5, 0.6) is 11.5 Å². The molecule has 0 aromatic heterocycles. The van der Waals surface area contributed by atoms with Crippen molar-refractivity contribution >= 4 is 39.4 Å². The van der Waals surface area contributed by atoms with Gasteiger partial charge in [0.1, 0.15) is 6.54 Å². The van der Waals surface area contributed by atoms with E-state index in [0.717, 1.165) is 4.31 Å². The van der Waals surface area contributed by atoms with Crippen molar-refractivity contribution in [2.45, 2.75) is 4.90 Å². The molecule has 1 amide bonds. The predicted octanol–water partition coefficient (Wildman–Crippen LogP) is 3.40. The average Bonchev–Trinajstić information content (AvgIpc) is 2.79. The lowest BCUT2D eigenvalue weighted by Crippen LogP contribution is -2.39. The topological polar surface area (TPSA) is 108 Å². The van der Waals surface area contributed by atoms with Gasteiger partial charge in [-0.3, -0.25) is 9.10 Å². The zero-order chi connectivity index (χ0) is 23.1. The second kappa shape index (κ2) is 10.2. The summed E-state index contributed by atoms with van der Waals surface area (Å²) in [7, 11) is -2.64. The fraction of sp³-hybridized carbons (Fsp3) is 0.0909. The van der Waals surface area contributed by atoms with Crippen molar-refractivity contribution in [1.29, 1.82) is 0 Å². The molecule has 3 rings (SSSR count). The third kappa shape index (κ3) is 5.37. The van der Waals surface area contributed by atoms with Gasteiger partial charge in [-0.2, -0.15) is 5.10 Å². The lowest BCUT2D eigenvalue weighted by molar-refractivity contribution is -0.119. The minimum atomic E-state index is -4.05. The Labute approximate surface area is 190 Å². The van der Waals surface area contributed by atoms with Crippen LogP contribution in [0.4, 0.5) is 5.69 Å². The molecule has 10 heteroatoms. The van der Waals surface area contributed by atoms with Crippen LogP contribution in [-0.4, -0.2) is 39.3 Å². The molecule has 0 saturated heterocycles. The number of amides is 1. The molecule has 0 aliphatic heterocycles. The molecule has 0 spiro atoms. The number of hydrogen-bond acceptors (Lipinski definition) is 6. The molecule has 0 saturated carbocycles. The van der Waals surface area contributed by atoms with Crippen molar-refractivity contribution in [3.63, 3.8) is 0 Å². The zero-order valence-electron chi connectivity index (χ0n) is 17.0. The smallest absolute Gasteiger partial charge is 0.264 e. The van der Waals surface area contributed by atoms with Crippen LogP contribution < -0.4 is 14.5 Å². The van der Waals surface area contributed by atoms with Gasteiger partial charge in [-0.15, -0.1) is 0 Å². The van der Waals surface area contributed by atoms with E-state index in [2.05, 4.69) is 10.5 Å². The number of phenols is 1. The highest BCUT2D eigenvalue weighted by atomic mass is 35.5. The van der Waals surface area contributed by atoms with Gasteiger partial charge in [-0.25, -0.2) is 13.8 Å².